The van der Waals surface area contributed by atoms with Gasteiger partial charge in [0, 0.05) is 12.4 Å². The average Bonchev–Trinajstić information content (AvgIpc) is 2.15. The lowest BCUT2D eigenvalue weighted by Crippen LogP contribution is -2.24. The number of carbonyl (C=O) groups excluding carboxylic acids is 1. The number of carboxylic acids is 1. The first-order valence-corrected chi connectivity index (χ1v) is 2.47. The maximum Gasteiger partial charge on any atom is 0.191 e. The van der Waals surface area contributed by atoms with Crippen LogP contribution in [-0.4, -0.2) is 16.3 Å². The van der Waals surface area contributed by atoms with E-state index in [0.717, 1.165) is 0 Å². The van der Waals surface area contributed by atoms with Crippen molar-refractivity contribution >= 4 is 11.8 Å². The fraction of sp³-hybridized carbons (Fsp3) is 0.250. The first kappa shape index (κ1) is 6.53. The van der Waals surface area contributed by atoms with Gasteiger partial charge in [-0.25, -0.2) is 4.63 Å². The van der Waals surface area contributed by atoms with Crippen LogP contribution in [0.5, 0.6) is 0 Å². The van der Waals surface area contributed by atoms with Crippen LogP contribution in [0.25, 0.3) is 0 Å². The zero-order valence-electron chi connectivity index (χ0n) is 4.90. The standard InChI is InChI=1S/C4H5N3O3/c5-4-2(1-3(8)9)6-10-7-4/h1H2,(H2,5,7)(H,8,9)/p-1. The number of anilines is 1. The van der Waals surface area contributed by atoms with Crippen molar-refractivity contribution < 1.29 is 14.5 Å². The van der Waals surface area contributed by atoms with E-state index >= 15 is 0 Å². The van der Waals surface area contributed by atoms with Crippen molar-refractivity contribution in [3.63, 3.8) is 0 Å². The van der Waals surface area contributed by atoms with E-state index in [1.165, 1.54) is 0 Å². The number of nitrogen functional groups attached to an aromatic ring is 1. The molecule has 0 saturated carbocycles. The van der Waals surface area contributed by atoms with Gasteiger partial charge in [0.25, 0.3) is 0 Å². The quantitative estimate of drug-likeness (QED) is 0.509. The van der Waals surface area contributed by atoms with E-state index in [4.69, 9.17) is 5.73 Å². The molecule has 0 aliphatic heterocycles. The number of nitrogens with two attached hydrogens (primary N) is 1. The molecule has 0 radical (unpaired) electrons. The predicted octanol–water partition coefficient (Wildman–Crippen LogP) is -2.06. The Balaban J connectivity index is 2.74. The zero-order chi connectivity index (χ0) is 7.56. The summed E-state index contributed by atoms with van der Waals surface area (Å²) in [6.07, 6.45) is -0.366. The summed E-state index contributed by atoms with van der Waals surface area (Å²) in [6, 6.07) is 0. The molecular formula is C4H4N3O3-. The van der Waals surface area contributed by atoms with Crippen LogP contribution in [-0.2, 0) is 11.2 Å². The van der Waals surface area contributed by atoms with Crippen molar-refractivity contribution in [3.05, 3.63) is 5.69 Å². The van der Waals surface area contributed by atoms with Gasteiger partial charge in [-0.15, -0.1) is 0 Å². The lowest BCUT2D eigenvalue weighted by Gasteiger charge is -1.94. The third kappa shape index (κ3) is 1.22. The molecule has 0 amide bonds. The van der Waals surface area contributed by atoms with Crippen LogP contribution in [0.15, 0.2) is 4.63 Å². The van der Waals surface area contributed by atoms with Crippen molar-refractivity contribution in [2.75, 3.05) is 5.73 Å². The van der Waals surface area contributed by atoms with E-state index < -0.39 is 5.97 Å². The molecule has 1 aromatic rings. The molecular weight excluding hydrogens is 138 g/mol. The topological polar surface area (TPSA) is 105 Å². The van der Waals surface area contributed by atoms with Gasteiger partial charge in [-0.3, -0.25) is 0 Å². The number of carbonyl (C=O) groups is 1. The first-order valence-electron chi connectivity index (χ1n) is 2.47. The highest BCUT2D eigenvalue weighted by Crippen LogP contribution is 2.02. The highest BCUT2D eigenvalue weighted by atomic mass is 16.6. The highest BCUT2D eigenvalue weighted by molar-refractivity contribution is 5.68. The zero-order valence-corrected chi connectivity index (χ0v) is 4.90. The smallest absolute Gasteiger partial charge is 0.191 e. The van der Waals surface area contributed by atoms with Crippen molar-refractivity contribution in [2.45, 2.75) is 6.42 Å². The Kier molecular flexibility index (Phi) is 1.53. The van der Waals surface area contributed by atoms with Gasteiger partial charge in [0.05, 0.1) is 0 Å². The van der Waals surface area contributed by atoms with Crippen molar-refractivity contribution in [3.8, 4) is 0 Å². The SMILES string of the molecule is Nc1nonc1CC(=O)[O-]. The fourth-order valence-electron chi connectivity index (χ4n) is 0.473. The third-order valence-electron chi connectivity index (χ3n) is 0.898. The van der Waals surface area contributed by atoms with Gasteiger partial charge < -0.3 is 15.6 Å². The lowest BCUT2D eigenvalue weighted by atomic mass is 10.3. The summed E-state index contributed by atoms with van der Waals surface area (Å²) in [4.78, 5) is 9.94. The predicted molar refractivity (Wildman–Crippen MR) is 27.4 cm³/mol. The molecule has 1 rings (SSSR count). The Bertz CT molecular complexity index is 244. The molecule has 0 atom stereocenters. The number of hydrogen-bond donors (Lipinski definition) is 1. The van der Waals surface area contributed by atoms with Gasteiger partial charge in [0.2, 0.25) is 0 Å². The maximum atomic E-state index is 9.94. The van der Waals surface area contributed by atoms with Crippen LogP contribution in [0.4, 0.5) is 5.82 Å². The molecule has 1 heterocycles. The van der Waals surface area contributed by atoms with Crippen molar-refractivity contribution in [2.24, 2.45) is 0 Å². The molecule has 1 aromatic heterocycles. The van der Waals surface area contributed by atoms with Gasteiger partial charge >= 0.3 is 0 Å². The summed E-state index contributed by atoms with van der Waals surface area (Å²) in [7, 11) is 0. The van der Waals surface area contributed by atoms with Gasteiger partial charge in [-0.1, -0.05) is 5.16 Å². The number of rotatable bonds is 2. The minimum Gasteiger partial charge on any atom is -0.550 e. The van der Waals surface area contributed by atoms with Gasteiger partial charge in [-0.05, 0) is 5.16 Å². The summed E-state index contributed by atoms with van der Waals surface area (Å²) in [5.74, 6) is -1.27. The summed E-state index contributed by atoms with van der Waals surface area (Å²) in [6.45, 7) is 0. The minimum absolute atomic E-state index is 0.01000. The Morgan fingerprint density at radius 1 is 1.70 bits per heavy atom. The van der Waals surface area contributed by atoms with E-state index in [0.29, 0.717) is 0 Å². The van der Waals surface area contributed by atoms with E-state index in [1.54, 1.807) is 0 Å². The van der Waals surface area contributed by atoms with Crippen LogP contribution >= 0.6 is 0 Å². The van der Waals surface area contributed by atoms with Gasteiger partial charge in [-0.2, -0.15) is 0 Å². The van der Waals surface area contributed by atoms with Crippen molar-refractivity contribution in [1.29, 1.82) is 0 Å². The number of carboxylic acid groups (broad SMARTS) is 1. The molecule has 0 fully saturated rings. The summed E-state index contributed by atoms with van der Waals surface area (Å²) >= 11 is 0. The highest BCUT2D eigenvalue weighted by Gasteiger charge is 2.04. The molecule has 0 spiro atoms. The number of nitrogens with zero attached hydrogens (tertiary/aromatic N) is 2. The summed E-state index contributed by atoms with van der Waals surface area (Å²) in [5, 5.41) is 16.3. The van der Waals surface area contributed by atoms with Crippen LogP contribution in [0.2, 0.25) is 0 Å². The first-order chi connectivity index (χ1) is 4.70. The normalized spacial score (nSPS) is 9.60. The Morgan fingerprint density at radius 3 is 2.80 bits per heavy atom. The molecule has 2 N–H and O–H groups in total. The molecule has 54 valence electrons. The largest absolute Gasteiger partial charge is 0.550 e. The molecule has 0 aromatic carbocycles. The number of aromatic nitrogens is 2. The van der Waals surface area contributed by atoms with E-state index in [2.05, 4.69) is 14.9 Å². The molecule has 6 heteroatoms. The maximum absolute atomic E-state index is 9.94. The number of hydrogen-bond acceptors (Lipinski definition) is 6. The van der Waals surface area contributed by atoms with E-state index in [9.17, 15) is 9.90 Å². The number of aliphatic carboxylic acids is 1. The van der Waals surface area contributed by atoms with E-state index in [-0.39, 0.29) is 17.9 Å². The van der Waals surface area contributed by atoms with Crippen LogP contribution in [0.1, 0.15) is 5.69 Å². The molecule has 6 nitrogen and oxygen atoms in total. The Morgan fingerprint density at radius 2 is 2.40 bits per heavy atom. The molecule has 10 heavy (non-hydrogen) atoms. The lowest BCUT2D eigenvalue weighted by molar-refractivity contribution is -0.304. The second kappa shape index (κ2) is 2.34. The second-order valence-electron chi connectivity index (χ2n) is 1.64. The molecule has 0 unspecified atom stereocenters. The molecule has 0 bridgehead atoms. The Labute approximate surface area is 55.6 Å². The van der Waals surface area contributed by atoms with E-state index in [1.807, 2.05) is 0 Å². The van der Waals surface area contributed by atoms with Crippen molar-refractivity contribution in [1.82, 2.24) is 10.3 Å². The second-order valence-corrected chi connectivity index (χ2v) is 1.64. The molecule has 0 aliphatic rings. The monoisotopic (exact) mass is 142 g/mol. The van der Waals surface area contributed by atoms with Gasteiger partial charge in [0.15, 0.2) is 5.82 Å². The Hall–Kier alpha value is -1.59. The average molecular weight is 142 g/mol. The summed E-state index contributed by atoms with van der Waals surface area (Å²) < 4.78 is 4.13. The third-order valence-corrected chi connectivity index (χ3v) is 0.898. The van der Waals surface area contributed by atoms with Gasteiger partial charge in [0.1, 0.15) is 5.69 Å². The minimum atomic E-state index is -1.26. The van der Waals surface area contributed by atoms with Crippen LogP contribution < -0.4 is 10.8 Å². The molecule has 0 saturated heterocycles. The fourth-order valence-corrected chi connectivity index (χ4v) is 0.473. The van der Waals surface area contributed by atoms with Crippen LogP contribution in [0, 0.1) is 0 Å². The molecule has 0 aliphatic carbocycles. The van der Waals surface area contributed by atoms with Crippen LogP contribution in [0.3, 0.4) is 0 Å². The summed E-state index contributed by atoms with van der Waals surface area (Å²) in [5.41, 5.74) is 5.23.